The summed E-state index contributed by atoms with van der Waals surface area (Å²) in [5.41, 5.74) is 0.302. The summed E-state index contributed by atoms with van der Waals surface area (Å²) >= 11 is 0. The van der Waals surface area contributed by atoms with Crippen molar-refractivity contribution in [2.45, 2.75) is 37.8 Å². The van der Waals surface area contributed by atoms with Crippen LogP contribution in [0.15, 0.2) is 42.9 Å². The lowest BCUT2D eigenvalue weighted by Gasteiger charge is -2.20. The van der Waals surface area contributed by atoms with Crippen LogP contribution in [0.5, 0.6) is 0 Å². The van der Waals surface area contributed by atoms with Crippen molar-refractivity contribution in [2.75, 3.05) is 18.5 Å². The van der Waals surface area contributed by atoms with Gasteiger partial charge >= 0.3 is 12.4 Å². The van der Waals surface area contributed by atoms with Gasteiger partial charge in [-0.1, -0.05) is 12.1 Å². The van der Waals surface area contributed by atoms with Gasteiger partial charge in [-0.15, -0.1) is 0 Å². The summed E-state index contributed by atoms with van der Waals surface area (Å²) in [7, 11) is 1.54. The molecule has 2 atom stereocenters. The number of aromatic nitrogens is 3. The Balaban J connectivity index is 1.84. The molecule has 1 aromatic carbocycles. The van der Waals surface area contributed by atoms with Gasteiger partial charge in [0.05, 0.1) is 43.0 Å². The molecular weight excluding hydrogens is 520 g/mol. The van der Waals surface area contributed by atoms with Crippen molar-refractivity contribution in [3.8, 4) is 11.3 Å². The molecule has 1 unspecified atom stereocenters. The molecule has 0 aliphatic heterocycles. The van der Waals surface area contributed by atoms with Gasteiger partial charge in [0, 0.05) is 24.4 Å². The summed E-state index contributed by atoms with van der Waals surface area (Å²) in [6, 6.07) is 3.23. The number of hydrogen-bond acceptors (Lipinski definition) is 6. The van der Waals surface area contributed by atoms with Crippen LogP contribution in [-0.2, 0) is 13.2 Å². The molecule has 2 aromatic heterocycles. The van der Waals surface area contributed by atoms with Crippen LogP contribution in [0.4, 0.5) is 32.2 Å². The fraction of sp³-hybridized carbons (Fsp3) is 0.375. The third kappa shape index (κ3) is 7.01. The Morgan fingerprint density at radius 2 is 1.79 bits per heavy atom. The molecule has 0 fully saturated rings. The number of alkyl halides is 6. The molecule has 38 heavy (non-hydrogen) atoms. The molecule has 2 heterocycles. The van der Waals surface area contributed by atoms with Gasteiger partial charge < -0.3 is 25.4 Å². The lowest BCUT2D eigenvalue weighted by Crippen LogP contribution is -2.32. The molecule has 8 nitrogen and oxygen atoms in total. The highest BCUT2D eigenvalue weighted by molar-refractivity contribution is 5.94. The maximum absolute atomic E-state index is 13.1. The summed E-state index contributed by atoms with van der Waals surface area (Å²) in [5, 5.41) is 24.1. The lowest BCUT2D eigenvalue weighted by molar-refractivity contribution is -0.139. The predicted molar refractivity (Wildman–Crippen MR) is 125 cm³/mol. The van der Waals surface area contributed by atoms with E-state index in [1.165, 1.54) is 36.0 Å². The van der Waals surface area contributed by atoms with Crippen LogP contribution in [0.2, 0.25) is 0 Å². The minimum atomic E-state index is -4.60. The van der Waals surface area contributed by atoms with Gasteiger partial charge in [0.15, 0.2) is 0 Å². The fourth-order valence-corrected chi connectivity index (χ4v) is 3.84. The monoisotopic (exact) mass is 545 g/mol. The predicted octanol–water partition coefficient (Wildman–Crippen LogP) is 4.00. The molecule has 0 saturated carbocycles. The first-order valence-corrected chi connectivity index (χ1v) is 11.2. The maximum atomic E-state index is 13.1. The molecule has 0 aliphatic carbocycles. The molecule has 0 spiro atoms. The Kier molecular flexibility index (Phi) is 8.67. The Hall–Kier alpha value is -3.65. The number of rotatable bonds is 9. The molecule has 206 valence electrons. The van der Waals surface area contributed by atoms with E-state index in [1.54, 1.807) is 6.92 Å². The number of carbonyl (C=O) groups is 1. The normalized spacial score (nSPS) is 13.7. The average Bonchev–Trinajstić information content (AvgIpc) is 3.23. The Morgan fingerprint density at radius 1 is 1.08 bits per heavy atom. The summed E-state index contributed by atoms with van der Waals surface area (Å²) in [5.74, 6) is -0.621. The summed E-state index contributed by atoms with van der Waals surface area (Å²) in [6.45, 7) is 0.113. The van der Waals surface area contributed by atoms with E-state index in [0.717, 1.165) is 18.5 Å². The number of halogens is 6. The second-order valence-electron chi connectivity index (χ2n) is 8.60. The Bertz CT molecular complexity index is 1280. The molecule has 14 heteroatoms. The van der Waals surface area contributed by atoms with Crippen LogP contribution >= 0.6 is 0 Å². The third-order valence-electron chi connectivity index (χ3n) is 5.74. The van der Waals surface area contributed by atoms with Crippen LogP contribution in [0.1, 0.15) is 39.6 Å². The van der Waals surface area contributed by atoms with E-state index < -0.39 is 55.5 Å². The number of anilines is 1. The van der Waals surface area contributed by atoms with Gasteiger partial charge in [-0.05, 0) is 30.7 Å². The van der Waals surface area contributed by atoms with E-state index in [4.69, 9.17) is 0 Å². The van der Waals surface area contributed by atoms with Crippen molar-refractivity contribution in [1.29, 1.82) is 0 Å². The Labute approximate surface area is 213 Å². The number of aryl methyl sites for hydroxylation is 1. The van der Waals surface area contributed by atoms with E-state index in [2.05, 4.69) is 20.6 Å². The highest BCUT2D eigenvalue weighted by atomic mass is 19.4. The van der Waals surface area contributed by atoms with E-state index in [9.17, 15) is 41.4 Å². The van der Waals surface area contributed by atoms with Crippen LogP contribution < -0.4 is 10.6 Å². The van der Waals surface area contributed by atoms with Gasteiger partial charge in [0.25, 0.3) is 5.91 Å². The van der Waals surface area contributed by atoms with Crippen LogP contribution in [0.3, 0.4) is 0 Å². The first-order valence-electron chi connectivity index (χ1n) is 11.2. The van der Waals surface area contributed by atoms with Crippen molar-refractivity contribution in [3.05, 3.63) is 65.2 Å². The van der Waals surface area contributed by atoms with Crippen molar-refractivity contribution in [3.63, 3.8) is 0 Å². The molecular formula is C24H25F6N5O3. The minimum Gasteiger partial charge on any atom is -0.394 e. The first kappa shape index (κ1) is 28.9. The van der Waals surface area contributed by atoms with Crippen molar-refractivity contribution >= 4 is 11.7 Å². The SMILES string of the molecule is Cc1c(NC(CO)CC(F)(F)F)ncnc1-c1cc(C(=O)N[C@@H](CO)c2cccc(C(F)(F)F)c2)n(C)c1. The smallest absolute Gasteiger partial charge is 0.394 e. The van der Waals surface area contributed by atoms with Crippen molar-refractivity contribution in [1.82, 2.24) is 19.9 Å². The van der Waals surface area contributed by atoms with Gasteiger partial charge in [-0.3, -0.25) is 4.79 Å². The summed E-state index contributed by atoms with van der Waals surface area (Å²) in [4.78, 5) is 21.1. The van der Waals surface area contributed by atoms with Gasteiger partial charge in [0.1, 0.15) is 17.8 Å². The first-order chi connectivity index (χ1) is 17.7. The maximum Gasteiger partial charge on any atom is 0.416 e. The fourth-order valence-electron chi connectivity index (χ4n) is 3.84. The second kappa shape index (κ2) is 11.4. The summed E-state index contributed by atoms with van der Waals surface area (Å²) < 4.78 is 79.0. The highest BCUT2D eigenvalue weighted by Gasteiger charge is 2.33. The zero-order chi connectivity index (χ0) is 28.3. The minimum absolute atomic E-state index is 0.0600. The number of amides is 1. The zero-order valence-electron chi connectivity index (χ0n) is 20.2. The Morgan fingerprint density at radius 3 is 2.39 bits per heavy atom. The third-order valence-corrected chi connectivity index (χ3v) is 5.74. The van der Waals surface area contributed by atoms with Gasteiger partial charge in [0.2, 0.25) is 0 Å². The molecule has 3 rings (SSSR count). The zero-order valence-corrected chi connectivity index (χ0v) is 20.2. The van der Waals surface area contributed by atoms with Crippen molar-refractivity contribution < 1.29 is 41.4 Å². The van der Waals surface area contributed by atoms with E-state index in [1.807, 2.05) is 0 Å². The number of carbonyl (C=O) groups excluding carboxylic acids is 1. The number of aliphatic hydroxyl groups excluding tert-OH is 2. The summed E-state index contributed by atoms with van der Waals surface area (Å²) in [6.07, 6.45) is -7.73. The molecule has 0 aliphatic rings. The van der Waals surface area contributed by atoms with E-state index >= 15 is 0 Å². The van der Waals surface area contributed by atoms with Crippen molar-refractivity contribution in [2.24, 2.45) is 7.05 Å². The largest absolute Gasteiger partial charge is 0.416 e. The number of hydrogen-bond donors (Lipinski definition) is 4. The van der Waals surface area contributed by atoms with Crippen LogP contribution in [-0.4, -0.2) is 56.1 Å². The average molecular weight is 545 g/mol. The molecule has 1 amide bonds. The number of nitrogens with one attached hydrogen (secondary N) is 2. The number of nitrogens with zero attached hydrogens (tertiary/aromatic N) is 3. The molecule has 4 N–H and O–H groups in total. The standard InChI is InChI=1S/C24H25F6N5O3/c1-13-20(31-12-32-21(13)33-17(10-36)8-23(25,26)27)15-7-19(35(2)9-15)22(38)34-18(11-37)14-4-3-5-16(6-14)24(28,29)30/h3-7,9,12,17-18,36-37H,8,10-11H2,1-2H3,(H,34,38)(H,31,32,33)/t17?,18-/m0/s1. The molecule has 0 radical (unpaired) electrons. The van der Waals surface area contributed by atoms with E-state index in [-0.39, 0.29) is 17.1 Å². The highest BCUT2D eigenvalue weighted by Crippen LogP contribution is 2.31. The second-order valence-corrected chi connectivity index (χ2v) is 8.60. The quantitative estimate of drug-likeness (QED) is 0.303. The molecule has 3 aromatic rings. The molecule has 0 saturated heterocycles. The van der Waals surface area contributed by atoms with Crippen LogP contribution in [0.25, 0.3) is 11.3 Å². The van der Waals surface area contributed by atoms with Gasteiger partial charge in [-0.2, -0.15) is 26.3 Å². The lowest BCUT2D eigenvalue weighted by atomic mass is 10.0. The topological polar surface area (TPSA) is 112 Å². The molecule has 0 bridgehead atoms. The van der Waals surface area contributed by atoms with Gasteiger partial charge in [-0.25, -0.2) is 9.97 Å². The number of benzene rings is 1. The van der Waals surface area contributed by atoms with Crippen LogP contribution in [0, 0.1) is 6.92 Å². The number of aliphatic hydroxyl groups is 2. The van der Waals surface area contributed by atoms with E-state index in [0.29, 0.717) is 16.8 Å².